The average Bonchev–Trinajstić information content (AvgIpc) is 3.27. The number of nitrogens with zero attached hydrogens (tertiary/aromatic N) is 5. The van der Waals surface area contributed by atoms with Crippen LogP contribution >= 0.6 is 0 Å². The van der Waals surface area contributed by atoms with Gasteiger partial charge in [-0.2, -0.15) is 0 Å². The molecule has 0 aliphatic carbocycles. The smallest absolute Gasteiger partial charge is 0.274 e. The van der Waals surface area contributed by atoms with Crippen LogP contribution in [0.25, 0.3) is 16.7 Å². The molecule has 3 aromatic heterocycles. The van der Waals surface area contributed by atoms with Crippen molar-refractivity contribution < 1.29 is 14.3 Å². The number of benzene rings is 1. The number of imidazole rings is 1. The molecule has 2 amide bonds. The Morgan fingerprint density at radius 1 is 1.19 bits per heavy atom. The molecule has 1 fully saturated rings. The third-order valence-electron chi connectivity index (χ3n) is 5.35. The first-order valence-corrected chi connectivity index (χ1v) is 9.96. The SMILES string of the molecule is CNC(=O)c1cc([C@H]2CN(C(=O)c3cn4cccnc4n3)CCO2)nc2ccccc12. The van der Waals surface area contributed by atoms with Crippen molar-refractivity contribution in [3.63, 3.8) is 0 Å². The lowest BCUT2D eigenvalue weighted by Gasteiger charge is -2.32. The lowest BCUT2D eigenvalue weighted by molar-refractivity contribution is -0.0247. The Hall–Kier alpha value is -3.85. The second kappa shape index (κ2) is 7.77. The van der Waals surface area contributed by atoms with Crippen molar-refractivity contribution in [2.24, 2.45) is 0 Å². The highest BCUT2D eigenvalue weighted by Crippen LogP contribution is 2.26. The summed E-state index contributed by atoms with van der Waals surface area (Å²) >= 11 is 0. The van der Waals surface area contributed by atoms with Crippen LogP contribution in [0.1, 0.15) is 32.6 Å². The van der Waals surface area contributed by atoms with Gasteiger partial charge >= 0.3 is 0 Å². The fourth-order valence-corrected chi connectivity index (χ4v) is 3.79. The number of carbonyl (C=O) groups excluding carboxylic acids is 2. The van der Waals surface area contributed by atoms with Gasteiger partial charge in [-0.15, -0.1) is 0 Å². The van der Waals surface area contributed by atoms with E-state index < -0.39 is 6.10 Å². The predicted octanol–water partition coefficient (Wildman–Crippen LogP) is 1.85. The zero-order valence-electron chi connectivity index (χ0n) is 16.9. The first-order chi connectivity index (χ1) is 15.1. The standard InChI is InChI=1S/C22H20N6O3/c1-23-20(29)15-11-17(25-16-6-3-2-5-14(15)16)19-13-27(9-10-31-19)21(30)18-12-28-8-4-7-24-22(28)26-18/h2-8,11-12,19H,9-10,13H2,1H3,(H,23,29)/t19-/m1/s1. The number of rotatable bonds is 3. The van der Waals surface area contributed by atoms with E-state index in [1.807, 2.05) is 24.3 Å². The van der Waals surface area contributed by atoms with Gasteiger partial charge in [0.15, 0.2) is 0 Å². The van der Waals surface area contributed by atoms with Crippen molar-refractivity contribution in [2.45, 2.75) is 6.10 Å². The highest BCUT2D eigenvalue weighted by atomic mass is 16.5. The summed E-state index contributed by atoms with van der Waals surface area (Å²) in [4.78, 5) is 40.4. The molecule has 9 nitrogen and oxygen atoms in total. The lowest BCUT2D eigenvalue weighted by atomic mass is 10.0. The molecule has 31 heavy (non-hydrogen) atoms. The van der Waals surface area contributed by atoms with Crippen LogP contribution < -0.4 is 5.32 Å². The minimum atomic E-state index is -0.444. The normalized spacial score (nSPS) is 16.5. The fraction of sp³-hybridized carbons (Fsp3) is 0.227. The van der Waals surface area contributed by atoms with Gasteiger partial charge in [-0.25, -0.2) is 15.0 Å². The first-order valence-electron chi connectivity index (χ1n) is 9.96. The van der Waals surface area contributed by atoms with Gasteiger partial charge in [0, 0.05) is 37.6 Å². The summed E-state index contributed by atoms with van der Waals surface area (Å²) < 4.78 is 7.64. The van der Waals surface area contributed by atoms with Gasteiger partial charge in [-0.3, -0.25) is 14.0 Å². The van der Waals surface area contributed by atoms with E-state index in [1.165, 1.54) is 0 Å². The van der Waals surface area contributed by atoms with E-state index in [-0.39, 0.29) is 11.8 Å². The number of nitrogens with one attached hydrogen (secondary N) is 1. The molecule has 0 saturated carbocycles. The summed E-state index contributed by atoms with van der Waals surface area (Å²) in [5.41, 5.74) is 2.18. The molecule has 4 heterocycles. The van der Waals surface area contributed by atoms with E-state index in [0.717, 1.165) is 5.39 Å². The zero-order valence-corrected chi connectivity index (χ0v) is 16.9. The van der Waals surface area contributed by atoms with Crippen molar-refractivity contribution in [1.29, 1.82) is 0 Å². The average molecular weight is 416 g/mol. The van der Waals surface area contributed by atoms with Gasteiger partial charge in [-0.05, 0) is 18.2 Å². The molecule has 1 aromatic carbocycles. The number of hydrogen-bond acceptors (Lipinski definition) is 6. The first kappa shape index (κ1) is 19.1. The third-order valence-corrected chi connectivity index (χ3v) is 5.35. The Kier molecular flexibility index (Phi) is 4.79. The summed E-state index contributed by atoms with van der Waals surface area (Å²) in [6.45, 7) is 1.14. The number of pyridine rings is 1. The van der Waals surface area contributed by atoms with Crippen molar-refractivity contribution in [3.8, 4) is 0 Å². The molecule has 0 radical (unpaired) electrons. The number of carbonyl (C=O) groups is 2. The lowest BCUT2D eigenvalue weighted by Crippen LogP contribution is -2.42. The van der Waals surface area contributed by atoms with Crippen molar-refractivity contribution in [2.75, 3.05) is 26.7 Å². The summed E-state index contributed by atoms with van der Waals surface area (Å²) in [5.74, 6) is 0.0916. The van der Waals surface area contributed by atoms with Crippen LogP contribution in [0.15, 0.2) is 55.0 Å². The molecular formula is C22H20N6O3. The molecule has 9 heteroatoms. The number of fused-ring (bicyclic) bond motifs is 2. The minimum Gasteiger partial charge on any atom is -0.368 e. The molecule has 1 N–H and O–H groups in total. The van der Waals surface area contributed by atoms with Gasteiger partial charge in [0.1, 0.15) is 11.8 Å². The highest BCUT2D eigenvalue weighted by molar-refractivity contribution is 6.06. The number of ether oxygens (including phenoxy) is 1. The van der Waals surface area contributed by atoms with Crippen LogP contribution in [0.5, 0.6) is 0 Å². The van der Waals surface area contributed by atoms with Crippen molar-refractivity contribution in [1.82, 2.24) is 29.6 Å². The molecule has 4 aromatic rings. The number of hydrogen-bond donors (Lipinski definition) is 1. The van der Waals surface area contributed by atoms with Crippen LogP contribution in [0.3, 0.4) is 0 Å². The largest absolute Gasteiger partial charge is 0.368 e. The molecule has 156 valence electrons. The Morgan fingerprint density at radius 3 is 2.90 bits per heavy atom. The molecule has 0 spiro atoms. The Labute approximate surface area is 177 Å². The number of para-hydroxylation sites is 1. The minimum absolute atomic E-state index is 0.189. The number of morpholine rings is 1. The van der Waals surface area contributed by atoms with Crippen LogP contribution in [-0.2, 0) is 4.74 Å². The summed E-state index contributed by atoms with van der Waals surface area (Å²) in [6.07, 6.45) is 4.66. The van der Waals surface area contributed by atoms with E-state index >= 15 is 0 Å². The van der Waals surface area contributed by atoms with Crippen LogP contribution in [0.2, 0.25) is 0 Å². The van der Waals surface area contributed by atoms with Gasteiger partial charge < -0.3 is 15.0 Å². The number of amides is 2. The molecule has 1 aliphatic rings. The Balaban J connectivity index is 1.45. The second-order valence-electron chi connectivity index (χ2n) is 7.25. The van der Waals surface area contributed by atoms with Crippen molar-refractivity contribution >= 4 is 28.5 Å². The Morgan fingerprint density at radius 2 is 2.06 bits per heavy atom. The maximum absolute atomic E-state index is 13.1. The maximum Gasteiger partial charge on any atom is 0.274 e. The summed E-state index contributed by atoms with van der Waals surface area (Å²) in [7, 11) is 1.60. The maximum atomic E-state index is 13.1. The predicted molar refractivity (Wildman–Crippen MR) is 113 cm³/mol. The zero-order chi connectivity index (χ0) is 21.4. The van der Waals surface area contributed by atoms with Gasteiger partial charge in [0.25, 0.3) is 11.8 Å². The number of aromatic nitrogens is 4. The monoisotopic (exact) mass is 416 g/mol. The summed E-state index contributed by atoms with van der Waals surface area (Å²) in [6, 6.07) is 11.0. The van der Waals surface area contributed by atoms with Gasteiger partial charge in [-0.1, -0.05) is 18.2 Å². The quantitative estimate of drug-likeness (QED) is 0.547. The third kappa shape index (κ3) is 3.49. The molecule has 1 atom stereocenters. The molecular weight excluding hydrogens is 396 g/mol. The van der Waals surface area contributed by atoms with Crippen LogP contribution in [-0.4, -0.2) is 62.8 Å². The molecule has 0 bridgehead atoms. The van der Waals surface area contributed by atoms with Crippen LogP contribution in [0.4, 0.5) is 0 Å². The van der Waals surface area contributed by atoms with Gasteiger partial charge in [0.05, 0.1) is 29.9 Å². The van der Waals surface area contributed by atoms with E-state index in [0.29, 0.717) is 47.9 Å². The van der Waals surface area contributed by atoms with E-state index in [4.69, 9.17) is 9.72 Å². The van der Waals surface area contributed by atoms with E-state index in [2.05, 4.69) is 15.3 Å². The molecule has 0 unspecified atom stereocenters. The van der Waals surface area contributed by atoms with E-state index in [9.17, 15) is 9.59 Å². The summed E-state index contributed by atoms with van der Waals surface area (Å²) in [5, 5.41) is 3.45. The second-order valence-corrected chi connectivity index (χ2v) is 7.25. The van der Waals surface area contributed by atoms with Gasteiger partial charge in [0.2, 0.25) is 5.78 Å². The Bertz CT molecular complexity index is 1270. The topological polar surface area (TPSA) is 102 Å². The molecule has 1 aliphatic heterocycles. The fourth-order valence-electron chi connectivity index (χ4n) is 3.79. The van der Waals surface area contributed by atoms with Crippen molar-refractivity contribution in [3.05, 3.63) is 71.9 Å². The van der Waals surface area contributed by atoms with E-state index in [1.54, 1.807) is 47.1 Å². The van der Waals surface area contributed by atoms with Crippen LogP contribution in [0, 0.1) is 0 Å². The molecule has 1 saturated heterocycles. The highest BCUT2D eigenvalue weighted by Gasteiger charge is 2.29. The molecule has 5 rings (SSSR count).